The fraction of sp³-hybridized carbons (Fsp3) is 0.250. The second kappa shape index (κ2) is 6.18. The maximum atomic E-state index is 12.4. The molecule has 0 saturated heterocycles. The molecule has 0 heterocycles. The zero-order valence-corrected chi connectivity index (χ0v) is 13.6. The second-order valence-electron chi connectivity index (χ2n) is 5.21. The topological polar surface area (TPSA) is 60.2 Å². The molecule has 3 nitrogen and oxygen atoms in total. The van der Waals surface area contributed by atoms with E-state index in [0.29, 0.717) is 5.02 Å². The maximum absolute atomic E-state index is 12.4. The molecule has 2 rings (SSSR count). The predicted molar refractivity (Wildman–Crippen MR) is 86.3 cm³/mol. The highest BCUT2D eigenvalue weighted by Gasteiger charge is 2.21. The van der Waals surface area contributed by atoms with Crippen LogP contribution in [0, 0.1) is 13.8 Å². The van der Waals surface area contributed by atoms with Crippen molar-refractivity contribution in [1.82, 2.24) is 0 Å². The van der Waals surface area contributed by atoms with E-state index in [2.05, 4.69) is 0 Å². The van der Waals surface area contributed by atoms with Gasteiger partial charge in [0.1, 0.15) is 0 Å². The molecular formula is C16H18ClNO2S. The van der Waals surface area contributed by atoms with E-state index < -0.39 is 15.9 Å². The van der Waals surface area contributed by atoms with Gasteiger partial charge in [-0.3, -0.25) is 0 Å². The standard InChI is InChI=1S/C16H18ClNO2S/c1-11-6-7-15(12(2)8-11)16(18)10-21(19,20)14-5-3-4-13(17)9-14/h3-9,16H,10,18H2,1-2H3. The van der Waals surface area contributed by atoms with Crippen LogP contribution in [0.25, 0.3) is 0 Å². The van der Waals surface area contributed by atoms with Crippen molar-refractivity contribution in [2.24, 2.45) is 5.73 Å². The molecule has 2 aromatic carbocycles. The maximum Gasteiger partial charge on any atom is 0.180 e. The molecular weight excluding hydrogens is 306 g/mol. The van der Waals surface area contributed by atoms with E-state index >= 15 is 0 Å². The largest absolute Gasteiger partial charge is 0.323 e. The fourth-order valence-electron chi connectivity index (χ4n) is 2.32. The predicted octanol–water partition coefficient (Wildman–Crippen LogP) is 3.43. The van der Waals surface area contributed by atoms with Crippen LogP contribution in [0.5, 0.6) is 0 Å². The van der Waals surface area contributed by atoms with Crippen molar-refractivity contribution in [1.29, 1.82) is 0 Å². The lowest BCUT2D eigenvalue weighted by Crippen LogP contribution is -2.22. The van der Waals surface area contributed by atoms with Crippen LogP contribution in [0.2, 0.25) is 5.02 Å². The van der Waals surface area contributed by atoms with Crippen molar-refractivity contribution in [2.45, 2.75) is 24.8 Å². The molecule has 5 heteroatoms. The molecule has 0 fully saturated rings. The van der Waals surface area contributed by atoms with Gasteiger partial charge in [-0.15, -0.1) is 0 Å². The number of benzene rings is 2. The van der Waals surface area contributed by atoms with Gasteiger partial charge in [-0.05, 0) is 43.2 Å². The zero-order valence-electron chi connectivity index (χ0n) is 12.0. The molecule has 0 aromatic heterocycles. The molecule has 0 bridgehead atoms. The van der Waals surface area contributed by atoms with Gasteiger partial charge in [0.15, 0.2) is 9.84 Å². The van der Waals surface area contributed by atoms with Gasteiger partial charge in [-0.25, -0.2) is 8.42 Å². The lowest BCUT2D eigenvalue weighted by molar-refractivity contribution is 0.588. The van der Waals surface area contributed by atoms with Crippen molar-refractivity contribution in [3.05, 3.63) is 64.2 Å². The van der Waals surface area contributed by atoms with Crippen molar-refractivity contribution in [3.63, 3.8) is 0 Å². The van der Waals surface area contributed by atoms with Crippen LogP contribution >= 0.6 is 11.6 Å². The summed E-state index contributed by atoms with van der Waals surface area (Å²) >= 11 is 5.85. The number of rotatable bonds is 4. The Hall–Kier alpha value is -1.36. The monoisotopic (exact) mass is 323 g/mol. The number of halogens is 1. The average molecular weight is 324 g/mol. The molecule has 0 saturated carbocycles. The fourth-order valence-corrected chi connectivity index (χ4v) is 4.02. The van der Waals surface area contributed by atoms with Crippen LogP contribution < -0.4 is 5.73 Å². The minimum Gasteiger partial charge on any atom is -0.323 e. The van der Waals surface area contributed by atoms with Crippen LogP contribution in [0.15, 0.2) is 47.4 Å². The van der Waals surface area contributed by atoms with Crippen molar-refractivity contribution in [3.8, 4) is 0 Å². The first-order valence-electron chi connectivity index (χ1n) is 6.60. The van der Waals surface area contributed by atoms with Gasteiger partial charge >= 0.3 is 0 Å². The summed E-state index contributed by atoms with van der Waals surface area (Å²) in [6.45, 7) is 3.93. The highest BCUT2D eigenvalue weighted by molar-refractivity contribution is 7.91. The van der Waals surface area contributed by atoms with E-state index in [-0.39, 0.29) is 10.6 Å². The summed E-state index contributed by atoms with van der Waals surface area (Å²) in [7, 11) is -3.47. The smallest absolute Gasteiger partial charge is 0.180 e. The van der Waals surface area contributed by atoms with Gasteiger partial charge in [0.2, 0.25) is 0 Å². The van der Waals surface area contributed by atoms with E-state index in [4.69, 9.17) is 17.3 Å². The van der Waals surface area contributed by atoms with Gasteiger partial charge in [0, 0.05) is 11.1 Å². The second-order valence-corrected chi connectivity index (χ2v) is 7.68. The van der Waals surface area contributed by atoms with Crippen LogP contribution in [-0.2, 0) is 9.84 Å². The van der Waals surface area contributed by atoms with E-state index in [9.17, 15) is 8.42 Å². The normalized spacial score (nSPS) is 13.1. The van der Waals surface area contributed by atoms with Gasteiger partial charge in [-0.1, -0.05) is 41.4 Å². The Morgan fingerprint density at radius 3 is 2.48 bits per heavy atom. The summed E-state index contributed by atoms with van der Waals surface area (Å²) in [6, 6.07) is 11.5. The first kappa shape index (κ1) is 16.0. The van der Waals surface area contributed by atoms with E-state index in [1.165, 1.54) is 12.1 Å². The summed E-state index contributed by atoms with van der Waals surface area (Å²) in [5.41, 5.74) is 9.08. The molecule has 1 unspecified atom stereocenters. The summed E-state index contributed by atoms with van der Waals surface area (Å²) in [5, 5.41) is 0.399. The van der Waals surface area contributed by atoms with Crippen LogP contribution in [-0.4, -0.2) is 14.2 Å². The van der Waals surface area contributed by atoms with Crippen molar-refractivity contribution >= 4 is 21.4 Å². The van der Waals surface area contributed by atoms with E-state index in [0.717, 1.165) is 16.7 Å². The molecule has 112 valence electrons. The quantitative estimate of drug-likeness (QED) is 0.937. The zero-order chi connectivity index (χ0) is 15.6. The van der Waals surface area contributed by atoms with E-state index in [1.54, 1.807) is 12.1 Å². The molecule has 0 radical (unpaired) electrons. The Morgan fingerprint density at radius 1 is 1.14 bits per heavy atom. The van der Waals surface area contributed by atoms with Gasteiger partial charge in [-0.2, -0.15) is 0 Å². The third kappa shape index (κ3) is 3.84. The number of nitrogens with two attached hydrogens (primary N) is 1. The summed E-state index contributed by atoms with van der Waals surface area (Å²) in [5.74, 6) is -0.142. The highest BCUT2D eigenvalue weighted by atomic mass is 35.5. The minimum atomic E-state index is -3.47. The Bertz CT molecular complexity index is 757. The molecule has 0 amide bonds. The van der Waals surface area contributed by atoms with Crippen molar-refractivity contribution < 1.29 is 8.42 Å². The Kier molecular flexibility index (Phi) is 4.71. The third-order valence-electron chi connectivity index (χ3n) is 3.38. The molecule has 0 spiro atoms. The van der Waals surface area contributed by atoms with E-state index in [1.807, 2.05) is 32.0 Å². The first-order valence-corrected chi connectivity index (χ1v) is 8.64. The molecule has 0 aliphatic heterocycles. The Morgan fingerprint density at radius 2 is 1.86 bits per heavy atom. The SMILES string of the molecule is Cc1ccc(C(N)CS(=O)(=O)c2cccc(Cl)c2)c(C)c1. The number of hydrogen-bond acceptors (Lipinski definition) is 3. The third-order valence-corrected chi connectivity index (χ3v) is 5.38. The minimum absolute atomic E-state index is 0.142. The molecule has 21 heavy (non-hydrogen) atoms. The molecule has 2 aromatic rings. The molecule has 2 N–H and O–H groups in total. The lowest BCUT2D eigenvalue weighted by atomic mass is 10.0. The van der Waals surface area contributed by atoms with Crippen LogP contribution in [0.3, 0.4) is 0 Å². The van der Waals surface area contributed by atoms with Gasteiger partial charge in [0.05, 0.1) is 10.6 Å². The van der Waals surface area contributed by atoms with Gasteiger partial charge < -0.3 is 5.73 Å². The van der Waals surface area contributed by atoms with Gasteiger partial charge in [0.25, 0.3) is 0 Å². The Balaban J connectivity index is 2.28. The first-order chi connectivity index (χ1) is 9.79. The summed E-state index contributed by atoms with van der Waals surface area (Å²) < 4.78 is 24.8. The number of sulfone groups is 1. The van der Waals surface area contributed by atoms with Crippen LogP contribution in [0.4, 0.5) is 0 Å². The highest BCUT2D eigenvalue weighted by Crippen LogP contribution is 2.23. The van der Waals surface area contributed by atoms with Crippen molar-refractivity contribution in [2.75, 3.05) is 5.75 Å². The Labute approximate surface area is 130 Å². The molecule has 0 aliphatic rings. The number of aryl methyl sites for hydroxylation is 2. The number of hydrogen-bond donors (Lipinski definition) is 1. The summed E-state index contributed by atoms with van der Waals surface area (Å²) in [4.78, 5) is 0.204. The molecule has 0 aliphatic carbocycles. The summed E-state index contributed by atoms with van der Waals surface area (Å²) in [6.07, 6.45) is 0. The molecule has 1 atom stereocenters. The lowest BCUT2D eigenvalue weighted by Gasteiger charge is -2.15. The average Bonchev–Trinajstić information content (AvgIpc) is 2.37. The van der Waals surface area contributed by atoms with Crippen LogP contribution in [0.1, 0.15) is 22.7 Å².